The van der Waals surface area contributed by atoms with Gasteiger partial charge in [0.15, 0.2) is 0 Å². The van der Waals surface area contributed by atoms with E-state index < -0.39 is 12.0 Å². The lowest BCUT2D eigenvalue weighted by atomic mass is 9.99. The van der Waals surface area contributed by atoms with Crippen LogP contribution in [-0.4, -0.2) is 27.5 Å². The molecule has 0 aromatic carbocycles. The van der Waals surface area contributed by atoms with E-state index in [-0.39, 0.29) is 0 Å². The van der Waals surface area contributed by atoms with E-state index in [9.17, 15) is 9.90 Å². The van der Waals surface area contributed by atoms with Gasteiger partial charge in [-0.2, -0.15) is 0 Å². The molecule has 2 aromatic rings. The molecule has 1 aliphatic rings. The molecule has 1 atom stereocenters. The van der Waals surface area contributed by atoms with Gasteiger partial charge in [-0.25, -0.2) is 0 Å². The fourth-order valence-electron chi connectivity index (χ4n) is 3.04. The Labute approximate surface area is 123 Å². The van der Waals surface area contributed by atoms with Crippen molar-refractivity contribution >= 4 is 5.97 Å². The molecule has 0 aliphatic carbocycles. The first-order valence-corrected chi connectivity index (χ1v) is 7.02. The number of hydrogen-bond acceptors (Lipinski definition) is 4. The number of carbonyl (C=O) groups is 1. The van der Waals surface area contributed by atoms with Gasteiger partial charge in [-0.3, -0.25) is 14.7 Å². The van der Waals surface area contributed by atoms with Crippen molar-refractivity contribution in [3.8, 4) is 0 Å². The van der Waals surface area contributed by atoms with Crippen molar-refractivity contribution in [1.29, 1.82) is 0 Å². The lowest BCUT2D eigenvalue weighted by Gasteiger charge is -2.32. The minimum absolute atomic E-state index is 0.532. The molecule has 1 aliphatic heterocycles. The van der Waals surface area contributed by atoms with Crippen LogP contribution in [0.3, 0.4) is 0 Å². The van der Waals surface area contributed by atoms with Gasteiger partial charge in [-0.15, -0.1) is 0 Å². The third kappa shape index (κ3) is 2.69. The summed E-state index contributed by atoms with van der Waals surface area (Å²) in [7, 11) is 0. The number of rotatable bonds is 3. The lowest BCUT2D eigenvalue weighted by Crippen LogP contribution is -2.38. The second-order valence-corrected chi connectivity index (χ2v) is 5.54. The smallest absolute Gasteiger partial charge is 0.325 e. The van der Waals surface area contributed by atoms with Crippen LogP contribution in [0.25, 0.3) is 0 Å². The number of furan rings is 1. The van der Waals surface area contributed by atoms with E-state index in [1.165, 1.54) is 0 Å². The standard InChI is InChI=1S/C16H18N2O3/c1-10-7-11(2)17-12(8-10)9-18-5-3-14-13(4-6-21-14)15(18)16(19)20/h4,6-8,15H,3,5,9H2,1-2H3,(H,19,20)/t15-/m1/s1. The Balaban J connectivity index is 1.89. The molecule has 21 heavy (non-hydrogen) atoms. The molecule has 0 radical (unpaired) electrons. The molecule has 0 spiro atoms. The number of nitrogens with zero attached hydrogens (tertiary/aromatic N) is 2. The summed E-state index contributed by atoms with van der Waals surface area (Å²) >= 11 is 0. The van der Waals surface area contributed by atoms with E-state index in [1.807, 2.05) is 30.9 Å². The monoisotopic (exact) mass is 286 g/mol. The summed E-state index contributed by atoms with van der Waals surface area (Å²) in [6, 6.07) is 5.13. The highest BCUT2D eigenvalue weighted by atomic mass is 16.4. The molecule has 0 saturated heterocycles. The number of pyridine rings is 1. The summed E-state index contributed by atoms with van der Waals surface area (Å²) in [6.45, 7) is 5.17. The number of carboxylic acid groups (broad SMARTS) is 1. The third-order valence-electron chi connectivity index (χ3n) is 3.82. The van der Waals surface area contributed by atoms with Gasteiger partial charge in [0.2, 0.25) is 0 Å². The summed E-state index contributed by atoms with van der Waals surface area (Å²) in [5, 5.41) is 9.56. The molecular weight excluding hydrogens is 268 g/mol. The maximum absolute atomic E-state index is 11.6. The fraction of sp³-hybridized carbons (Fsp3) is 0.375. The quantitative estimate of drug-likeness (QED) is 0.939. The van der Waals surface area contributed by atoms with Gasteiger partial charge in [0.1, 0.15) is 11.8 Å². The van der Waals surface area contributed by atoms with Crippen LogP contribution in [0.15, 0.2) is 28.9 Å². The normalized spacial score (nSPS) is 18.5. The molecular formula is C16H18N2O3. The first-order valence-electron chi connectivity index (χ1n) is 7.02. The van der Waals surface area contributed by atoms with Crippen molar-refractivity contribution in [1.82, 2.24) is 9.88 Å². The van der Waals surface area contributed by atoms with Gasteiger partial charge < -0.3 is 9.52 Å². The highest BCUT2D eigenvalue weighted by Gasteiger charge is 2.34. The molecule has 2 aromatic heterocycles. The third-order valence-corrected chi connectivity index (χ3v) is 3.82. The molecule has 0 amide bonds. The summed E-state index contributed by atoms with van der Waals surface area (Å²) in [5.41, 5.74) is 3.77. The van der Waals surface area contributed by atoms with Crippen LogP contribution in [0.1, 0.15) is 34.3 Å². The van der Waals surface area contributed by atoms with E-state index in [4.69, 9.17) is 4.42 Å². The average Bonchev–Trinajstić information content (AvgIpc) is 2.84. The first-order chi connectivity index (χ1) is 10.0. The number of fused-ring (bicyclic) bond motifs is 1. The molecule has 110 valence electrons. The molecule has 0 unspecified atom stereocenters. The van der Waals surface area contributed by atoms with E-state index in [2.05, 4.69) is 4.98 Å². The van der Waals surface area contributed by atoms with Gasteiger partial charge in [0, 0.05) is 30.8 Å². The lowest BCUT2D eigenvalue weighted by molar-refractivity contribution is -0.144. The Bertz CT molecular complexity index is 658. The van der Waals surface area contributed by atoms with Gasteiger partial charge in [-0.1, -0.05) is 0 Å². The summed E-state index contributed by atoms with van der Waals surface area (Å²) < 4.78 is 5.37. The van der Waals surface area contributed by atoms with Gasteiger partial charge in [0.25, 0.3) is 0 Å². The maximum atomic E-state index is 11.6. The molecule has 5 nitrogen and oxygen atoms in total. The number of aliphatic carboxylic acids is 1. The highest BCUT2D eigenvalue weighted by molar-refractivity contribution is 5.76. The van der Waals surface area contributed by atoms with Crippen LogP contribution < -0.4 is 0 Å². The molecule has 5 heteroatoms. The van der Waals surface area contributed by atoms with Crippen molar-refractivity contribution in [2.75, 3.05) is 6.54 Å². The minimum atomic E-state index is -0.846. The molecule has 0 fully saturated rings. The van der Waals surface area contributed by atoms with Crippen LogP contribution in [0.2, 0.25) is 0 Å². The van der Waals surface area contributed by atoms with Crippen LogP contribution >= 0.6 is 0 Å². The highest BCUT2D eigenvalue weighted by Crippen LogP contribution is 2.31. The first kappa shape index (κ1) is 13.8. The number of carboxylic acids is 1. The van der Waals surface area contributed by atoms with Crippen LogP contribution in [0, 0.1) is 13.8 Å². The number of aromatic nitrogens is 1. The minimum Gasteiger partial charge on any atom is -0.480 e. The zero-order chi connectivity index (χ0) is 15.0. The van der Waals surface area contributed by atoms with Crippen molar-refractivity contribution in [3.63, 3.8) is 0 Å². The summed E-state index contributed by atoms with van der Waals surface area (Å²) in [6.07, 6.45) is 2.30. The summed E-state index contributed by atoms with van der Waals surface area (Å²) in [4.78, 5) is 18.1. The van der Waals surface area contributed by atoms with Gasteiger partial charge >= 0.3 is 5.97 Å². The number of aryl methyl sites for hydroxylation is 2. The van der Waals surface area contributed by atoms with Crippen molar-refractivity contribution < 1.29 is 14.3 Å². The van der Waals surface area contributed by atoms with Gasteiger partial charge in [-0.05, 0) is 37.6 Å². The molecule has 0 bridgehead atoms. The zero-order valence-electron chi connectivity index (χ0n) is 12.2. The van der Waals surface area contributed by atoms with E-state index in [0.29, 0.717) is 13.1 Å². The average molecular weight is 286 g/mol. The van der Waals surface area contributed by atoms with E-state index in [0.717, 1.165) is 34.7 Å². The van der Waals surface area contributed by atoms with Crippen molar-refractivity contribution in [3.05, 3.63) is 52.7 Å². The Kier molecular flexibility index (Phi) is 3.51. The Hall–Kier alpha value is -2.14. The zero-order valence-corrected chi connectivity index (χ0v) is 12.2. The largest absolute Gasteiger partial charge is 0.480 e. The van der Waals surface area contributed by atoms with E-state index in [1.54, 1.807) is 12.3 Å². The molecule has 0 saturated carbocycles. The van der Waals surface area contributed by atoms with Crippen molar-refractivity contribution in [2.45, 2.75) is 32.9 Å². The Morgan fingerprint density at radius 2 is 2.29 bits per heavy atom. The fourth-order valence-corrected chi connectivity index (χ4v) is 3.04. The second kappa shape index (κ2) is 5.33. The second-order valence-electron chi connectivity index (χ2n) is 5.54. The molecule has 3 rings (SSSR count). The topological polar surface area (TPSA) is 66.6 Å². The Morgan fingerprint density at radius 1 is 1.48 bits per heavy atom. The van der Waals surface area contributed by atoms with Crippen LogP contribution in [0.4, 0.5) is 0 Å². The maximum Gasteiger partial charge on any atom is 0.325 e. The molecule has 1 N–H and O–H groups in total. The SMILES string of the molecule is Cc1cc(C)nc(CN2CCc3occc3[C@@H]2C(=O)O)c1. The Morgan fingerprint density at radius 3 is 3.00 bits per heavy atom. The van der Waals surface area contributed by atoms with Gasteiger partial charge in [0.05, 0.1) is 12.0 Å². The predicted molar refractivity (Wildman–Crippen MR) is 76.9 cm³/mol. The van der Waals surface area contributed by atoms with Crippen LogP contribution in [0.5, 0.6) is 0 Å². The predicted octanol–water partition coefficient (Wildman–Crippen LogP) is 2.48. The van der Waals surface area contributed by atoms with E-state index >= 15 is 0 Å². The number of hydrogen-bond donors (Lipinski definition) is 1. The summed E-state index contributed by atoms with van der Waals surface area (Å²) in [5.74, 6) is -0.0613. The van der Waals surface area contributed by atoms with Crippen LogP contribution in [-0.2, 0) is 17.8 Å². The molecule has 3 heterocycles. The van der Waals surface area contributed by atoms with Crippen molar-refractivity contribution in [2.24, 2.45) is 0 Å².